The summed E-state index contributed by atoms with van der Waals surface area (Å²) in [5.41, 5.74) is 9.29. The van der Waals surface area contributed by atoms with Gasteiger partial charge in [-0.2, -0.15) is 0 Å². The second-order valence-electron chi connectivity index (χ2n) is 9.48. The molecule has 1 atom stereocenters. The van der Waals surface area contributed by atoms with Crippen molar-refractivity contribution in [2.75, 3.05) is 56.3 Å². The van der Waals surface area contributed by atoms with Crippen molar-refractivity contribution in [3.8, 4) is 0 Å². The van der Waals surface area contributed by atoms with E-state index in [1.54, 1.807) is 60.7 Å². The molecule has 3 amide bonds. The molecule has 210 valence electrons. The number of hydrogen-bond donors (Lipinski definition) is 4. The highest BCUT2D eigenvalue weighted by Crippen LogP contribution is 2.22. The van der Waals surface area contributed by atoms with Crippen molar-refractivity contribution < 1.29 is 23.9 Å². The molecule has 0 saturated carbocycles. The van der Waals surface area contributed by atoms with E-state index in [4.69, 9.17) is 15.2 Å². The number of ether oxygens (including phenoxy) is 2. The fourth-order valence-corrected chi connectivity index (χ4v) is 4.47. The maximum Gasteiger partial charge on any atom is 0.337 e. The number of anilines is 3. The van der Waals surface area contributed by atoms with Crippen LogP contribution >= 0.6 is 0 Å². The fraction of sp³-hybridized carbons (Fsp3) is 0.300. The minimum absolute atomic E-state index is 0.269. The van der Waals surface area contributed by atoms with Gasteiger partial charge in [0, 0.05) is 24.3 Å². The Morgan fingerprint density at radius 1 is 0.925 bits per heavy atom. The zero-order valence-corrected chi connectivity index (χ0v) is 22.5. The molecule has 0 aromatic heterocycles. The number of hydrogen-bond acceptors (Lipinski definition) is 7. The number of carbonyl (C=O) groups is 3. The molecule has 0 aliphatic carbocycles. The Balaban J connectivity index is 1.42. The van der Waals surface area contributed by atoms with Crippen molar-refractivity contribution in [1.82, 2.24) is 10.2 Å². The Morgan fingerprint density at radius 2 is 1.60 bits per heavy atom. The number of para-hydroxylation sites is 2. The van der Waals surface area contributed by atoms with Gasteiger partial charge < -0.3 is 31.2 Å². The summed E-state index contributed by atoms with van der Waals surface area (Å²) in [5.74, 6) is -0.713. The summed E-state index contributed by atoms with van der Waals surface area (Å²) in [5, 5.41) is 8.72. The second-order valence-corrected chi connectivity index (χ2v) is 9.48. The van der Waals surface area contributed by atoms with E-state index in [1.807, 2.05) is 12.1 Å². The predicted octanol–water partition coefficient (Wildman–Crippen LogP) is 4.28. The quantitative estimate of drug-likeness (QED) is 0.221. The van der Waals surface area contributed by atoms with Gasteiger partial charge in [0.2, 0.25) is 0 Å². The van der Waals surface area contributed by atoms with Crippen LogP contribution in [0.15, 0.2) is 72.8 Å². The van der Waals surface area contributed by atoms with Gasteiger partial charge in [-0.1, -0.05) is 24.3 Å². The van der Waals surface area contributed by atoms with E-state index in [1.165, 1.54) is 7.11 Å². The van der Waals surface area contributed by atoms with Crippen molar-refractivity contribution in [3.63, 3.8) is 0 Å². The summed E-state index contributed by atoms with van der Waals surface area (Å²) in [7, 11) is 1.32. The molecule has 1 unspecified atom stereocenters. The van der Waals surface area contributed by atoms with Crippen molar-refractivity contribution in [2.24, 2.45) is 0 Å². The third kappa shape index (κ3) is 8.05. The van der Waals surface area contributed by atoms with Gasteiger partial charge in [-0.05, 0) is 73.5 Å². The molecular formula is C30H35N5O5. The van der Waals surface area contributed by atoms with E-state index < -0.39 is 5.97 Å². The van der Waals surface area contributed by atoms with Gasteiger partial charge in [-0.3, -0.25) is 9.69 Å². The van der Waals surface area contributed by atoms with Crippen LogP contribution in [0.5, 0.6) is 0 Å². The fourth-order valence-electron chi connectivity index (χ4n) is 4.47. The van der Waals surface area contributed by atoms with Crippen LogP contribution in [0.3, 0.4) is 0 Å². The molecule has 1 aliphatic rings. The van der Waals surface area contributed by atoms with E-state index in [-0.39, 0.29) is 18.0 Å². The number of amides is 3. The number of esters is 1. The molecule has 3 aromatic rings. The SMILES string of the molecule is COC(=O)c1ccc(NC(=O)NC(CCCN2CCOCC2)c2ccc(C(=O)Nc3ccccc3N)cc2)cc1. The summed E-state index contributed by atoms with van der Waals surface area (Å²) in [6.45, 7) is 4.16. The molecule has 0 bridgehead atoms. The van der Waals surface area contributed by atoms with Crippen molar-refractivity contribution in [1.29, 1.82) is 0 Å². The lowest BCUT2D eigenvalue weighted by Gasteiger charge is -2.27. The number of nitrogens with one attached hydrogen (secondary N) is 3. The number of benzene rings is 3. The topological polar surface area (TPSA) is 135 Å². The van der Waals surface area contributed by atoms with Gasteiger partial charge >= 0.3 is 12.0 Å². The van der Waals surface area contributed by atoms with Crippen LogP contribution in [-0.2, 0) is 9.47 Å². The lowest BCUT2D eigenvalue weighted by molar-refractivity contribution is 0.0369. The van der Waals surface area contributed by atoms with Gasteiger partial charge in [-0.25, -0.2) is 9.59 Å². The summed E-state index contributed by atoms with van der Waals surface area (Å²) >= 11 is 0. The summed E-state index contributed by atoms with van der Waals surface area (Å²) in [6, 6.07) is 20.1. The number of rotatable bonds is 10. The highest BCUT2D eigenvalue weighted by Gasteiger charge is 2.18. The minimum Gasteiger partial charge on any atom is -0.465 e. The number of carbonyl (C=O) groups excluding carboxylic acids is 3. The Hall–Kier alpha value is -4.41. The molecule has 1 aliphatic heterocycles. The van der Waals surface area contributed by atoms with Gasteiger partial charge in [0.15, 0.2) is 0 Å². The Kier molecular flexibility index (Phi) is 10.1. The first-order valence-corrected chi connectivity index (χ1v) is 13.2. The van der Waals surface area contributed by atoms with Gasteiger partial charge in [0.25, 0.3) is 5.91 Å². The Labute approximate surface area is 233 Å². The predicted molar refractivity (Wildman–Crippen MR) is 154 cm³/mol. The minimum atomic E-state index is -0.444. The average molecular weight is 546 g/mol. The van der Waals surface area contributed by atoms with Gasteiger partial charge in [0.1, 0.15) is 0 Å². The highest BCUT2D eigenvalue weighted by atomic mass is 16.5. The van der Waals surface area contributed by atoms with Crippen LogP contribution in [0.25, 0.3) is 0 Å². The molecule has 0 radical (unpaired) electrons. The van der Waals surface area contributed by atoms with Gasteiger partial charge in [0.05, 0.1) is 43.3 Å². The summed E-state index contributed by atoms with van der Waals surface area (Å²) < 4.78 is 10.2. The Morgan fingerprint density at radius 3 is 2.27 bits per heavy atom. The number of nitrogens with zero attached hydrogens (tertiary/aromatic N) is 1. The molecule has 10 nitrogen and oxygen atoms in total. The molecule has 10 heteroatoms. The molecule has 5 N–H and O–H groups in total. The van der Waals surface area contributed by atoms with Gasteiger partial charge in [-0.15, -0.1) is 0 Å². The van der Waals surface area contributed by atoms with Crippen molar-refractivity contribution in [2.45, 2.75) is 18.9 Å². The van der Waals surface area contributed by atoms with E-state index in [9.17, 15) is 14.4 Å². The van der Waals surface area contributed by atoms with Crippen LogP contribution in [-0.4, -0.2) is 62.8 Å². The molecular weight excluding hydrogens is 510 g/mol. The number of nitrogens with two attached hydrogens (primary N) is 1. The summed E-state index contributed by atoms with van der Waals surface area (Å²) in [4.78, 5) is 39.7. The van der Waals surface area contributed by atoms with Crippen LogP contribution in [0.4, 0.5) is 21.9 Å². The molecule has 1 fully saturated rings. The summed E-state index contributed by atoms with van der Waals surface area (Å²) in [6.07, 6.45) is 1.58. The van der Waals surface area contributed by atoms with E-state index in [2.05, 4.69) is 20.9 Å². The van der Waals surface area contributed by atoms with Crippen LogP contribution < -0.4 is 21.7 Å². The third-order valence-corrected chi connectivity index (χ3v) is 6.72. The third-order valence-electron chi connectivity index (χ3n) is 6.72. The highest BCUT2D eigenvalue weighted by molar-refractivity contribution is 6.05. The average Bonchev–Trinajstić information content (AvgIpc) is 2.98. The zero-order valence-electron chi connectivity index (χ0n) is 22.5. The maximum atomic E-state index is 12.9. The standard InChI is InChI=1S/C30H35N5O5/c1-39-29(37)23-12-14-24(15-13-23)32-30(38)34-26(7-4-16-35-17-19-40-20-18-35)21-8-10-22(11-9-21)28(36)33-27-6-3-2-5-25(27)31/h2-3,5-6,8-15,26H,4,7,16-20,31H2,1H3,(H,33,36)(H2,32,34,38). The maximum absolute atomic E-state index is 12.9. The number of methoxy groups -OCH3 is 1. The van der Waals surface area contributed by atoms with Crippen LogP contribution in [0, 0.1) is 0 Å². The first-order chi connectivity index (χ1) is 19.4. The molecule has 1 heterocycles. The van der Waals surface area contributed by atoms with Crippen LogP contribution in [0.2, 0.25) is 0 Å². The molecule has 40 heavy (non-hydrogen) atoms. The lowest BCUT2D eigenvalue weighted by Crippen LogP contribution is -2.37. The zero-order chi connectivity index (χ0) is 28.3. The van der Waals surface area contributed by atoms with E-state index in [0.717, 1.165) is 44.8 Å². The van der Waals surface area contributed by atoms with Crippen molar-refractivity contribution >= 4 is 35.0 Å². The smallest absolute Gasteiger partial charge is 0.337 e. The first-order valence-electron chi connectivity index (χ1n) is 13.2. The molecule has 3 aromatic carbocycles. The van der Waals surface area contributed by atoms with E-state index >= 15 is 0 Å². The number of urea groups is 1. The monoisotopic (exact) mass is 545 g/mol. The first kappa shape index (κ1) is 28.6. The largest absolute Gasteiger partial charge is 0.465 e. The molecule has 0 spiro atoms. The lowest BCUT2D eigenvalue weighted by atomic mass is 10.00. The van der Waals surface area contributed by atoms with E-state index in [0.29, 0.717) is 34.6 Å². The second kappa shape index (κ2) is 14.1. The van der Waals surface area contributed by atoms with Crippen LogP contribution in [0.1, 0.15) is 45.2 Å². The molecule has 4 rings (SSSR count). The number of morpholine rings is 1. The normalized spacial score (nSPS) is 14.1. The molecule has 1 saturated heterocycles. The number of nitrogen functional groups attached to an aromatic ring is 1. The Bertz CT molecular complexity index is 1290. The van der Waals surface area contributed by atoms with Crippen molar-refractivity contribution in [3.05, 3.63) is 89.5 Å².